The number of aryl methyl sites for hydroxylation is 1. The number of nitrogens with zero attached hydrogens (tertiary/aromatic N) is 4. The minimum atomic E-state index is -0.322. The van der Waals surface area contributed by atoms with Gasteiger partial charge in [0.1, 0.15) is 5.82 Å². The number of benzene rings is 3. The van der Waals surface area contributed by atoms with Crippen molar-refractivity contribution in [1.29, 1.82) is 0 Å². The van der Waals surface area contributed by atoms with Gasteiger partial charge < -0.3 is 4.90 Å². The summed E-state index contributed by atoms with van der Waals surface area (Å²) < 4.78 is 14.6. The van der Waals surface area contributed by atoms with Gasteiger partial charge in [-0.1, -0.05) is 60.7 Å². The number of piperazine rings is 1. The second-order valence-corrected chi connectivity index (χ2v) is 9.53. The molecule has 0 unspecified atom stereocenters. The van der Waals surface area contributed by atoms with Gasteiger partial charge in [-0.25, -0.2) is 9.07 Å². The first-order valence-corrected chi connectivity index (χ1v) is 13.0. The molecule has 4 aromatic rings. The molecule has 5 rings (SSSR count). The van der Waals surface area contributed by atoms with E-state index in [0.29, 0.717) is 38.2 Å². The Labute approximate surface area is 222 Å². The van der Waals surface area contributed by atoms with Crippen molar-refractivity contribution in [3.8, 4) is 11.3 Å². The number of hydrogen-bond acceptors (Lipinski definition) is 4. The maximum absolute atomic E-state index is 13.2. The van der Waals surface area contributed by atoms with E-state index in [2.05, 4.69) is 58.5 Å². The van der Waals surface area contributed by atoms with Crippen LogP contribution >= 0.6 is 0 Å². The molecule has 1 aliphatic rings. The van der Waals surface area contributed by atoms with Crippen molar-refractivity contribution >= 4 is 5.91 Å². The molecule has 1 fully saturated rings. The Kier molecular flexibility index (Phi) is 8.04. The van der Waals surface area contributed by atoms with E-state index >= 15 is 0 Å². The molecule has 0 atom stereocenters. The van der Waals surface area contributed by atoms with Crippen molar-refractivity contribution in [3.05, 3.63) is 124 Å². The maximum atomic E-state index is 13.2. The second-order valence-electron chi connectivity index (χ2n) is 9.53. The van der Waals surface area contributed by atoms with E-state index in [1.807, 2.05) is 17.0 Å². The van der Waals surface area contributed by atoms with Gasteiger partial charge in [-0.15, -0.1) is 0 Å². The highest BCUT2D eigenvalue weighted by atomic mass is 19.1. The normalized spacial score (nSPS) is 14.1. The molecular formula is C31H31FN4O2. The summed E-state index contributed by atoms with van der Waals surface area (Å²) in [6.45, 7) is 3.28. The molecule has 3 aromatic carbocycles. The van der Waals surface area contributed by atoms with Crippen molar-refractivity contribution in [2.24, 2.45) is 0 Å². The average Bonchev–Trinajstić information content (AvgIpc) is 2.96. The quantitative estimate of drug-likeness (QED) is 0.343. The summed E-state index contributed by atoms with van der Waals surface area (Å²) in [5.41, 5.74) is 3.61. The highest BCUT2D eigenvalue weighted by Crippen LogP contribution is 2.29. The minimum absolute atomic E-state index is 0.100. The first-order chi connectivity index (χ1) is 18.6. The van der Waals surface area contributed by atoms with E-state index in [-0.39, 0.29) is 23.3 Å². The minimum Gasteiger partial charge on any atom is -0.340 e. The van der Waals surface area contributed by atoms with E-state index in [0.717, 1.165) is 18.7 Å². The number of hydrogen-bond donors (Lipinski definition) is 0. The summed E-state index contributed by atoms with van der Waals surface area (Å²) in [6, 6.07) is 30.3. The lowest BCUT2D eigenvalue weighted by Crippen LogP contribution is -2.49. The molecule has 1 amide bonds. The van der Waals surface area contributed by atoms with Crippen molar-refractivity contribution in [1.82, 2.24) is 19.6 Å². The number of aromatic nitrogens is 2. The maximum Gasteiger partial charge on any atom is 0.266 e. The van der Waals surface area contributed by atoms with Crippen LogP contribution in [0.5, 0.6) is 0 Å². The van der Waals surface area contributed by atoms with Gasteiger partial charge in [-0.05, 0) is 47.9 Å². The van der Waals surface area contributed by atoms with E-state index < -0.39 is 0 Å². The van der Waals surface area contributed by atoms with Crippen LogP contribution < -0.4 is 5.56 Å². The summed E-state index contributed by atoms with van der Waals surface area (Å²) in [6.07, 6.45) is 0.880. The van der Waals surface area contributed by atoms with Crippen LogP contribution in [0, 0.1) is 5.82 Å². The fraction of sp³-hybridized carbons (Fsp3) is 0.258. The van der Waals surface area contributed by atoms with E-state index in [1.54, 1.807) is 18.2 Å². The molecule has 0 saturated carbocycles. The van der Waals surface area contributed by atoms with Crippen LogP contribution in [-0.4, -0.2) is 51.7 Å². The van der Waals surface area contributed by atoms with Gasteiger partial charge in [0.25, 0.3) is 5.56 Å². The van der Waals surface area contributed by atoms with Gasteiger partial charge >= 0.3 is 0 Å². The van der Waals surface area contributed by atoms with Crippen LogP contribution in [0.15, 0.2) is 102 Å². The molecule has 38 heavy (non-hydrogen) atoms. The van der Waals surface area contributed by atoms with Crippen molar-refractivity contribution in [2.45, 2.75) is 25.4 Å². The molecule has 6 nitrogen and oxygen atoms in total. The monoisotopic (exact) mass is 510 g/mol. The average molecular weight is 511 g/mol. The predicted molar refractivity (Wildman–Crippen MR) is 146 cm³/mol. The Morgan fingerprint density at radius 2 is 1.39 bits per heavy atom. The van der Waals surface area contributed by atoms with Gasteiger partial charge in [0.05, 0.1) is 11.7 Å². The fourth-order valence-electron chi connectivity index (χ4n) is 5.04. The Balaban J connectivity index is 1.17. The second kappa shape index (κ2) is 12.0. The lowest BCUT2D eigenvalue weighted by atomic mass is 9.96. The Hall–Kier alpha value is -4.10. The van der Waals surface area contributed by atoms with Crippen LogP contribution in [0.2, 0.25) is 0 Å². The lowest BCUT2D eigenvalue weighted by molar-refractivity contribution is -0.133. The zero-order valence-corrected chi connectivity index (χ0v) is 21.2. The Bertz CT molecular complexity index is 1360. The standard InChI is InChI=1S/C31H31FN4O2/c32-27-15-13-24(14-16-27)28-17-18-30(38)36(33-28)19-7-12-29(37)34-20-22-35(23-21-34)31(25-8-3-1-4-9-25)26-10-5-2-6-11-26/h1-6,8-11,13-18,31H,7,12,19-23H2. The highest BCUT2D eigenvalue weighted by molar-refractivity contribution is 5.76. The summed E-state index contributed by atoms with van der Waals surface area (Å²) in [5, 5.41) is 4.42. The van der Waals surface area contributed by atoms with Crippen LogP contribution in [0.4, 0.5) is 4.39 Å². The van der Waals surface area contributed by atoms with Crippen LogP contribution in [0.1, 0.15) is 30.0 Å². The first-order valence-electron chi connectivity index (χ1n) is 13.0. The molecule has 1 aromatic heterocycles. The molecule has 0 N–H and O–H groups in total. The molecular weight excluding hydrogens is 479 g/mol. The first kappa shape index (κ1) is 25.5. The number of halogens is 1. The van der Waals surface area contributed by atoms with Crippen LogP contribution in [-0.2, 0) is 11.3 Å². The molecule has 2 heterocycles. The summed E-state index contributed by atoms with van der Waals surface area (Å²) in [7, 11) is 0. The fourth-order valence-corrected chi connectivity index (χ4v) is 5.04. The summed E-state index contributed by atoms with van der Waals surface area (Å²) in [5.74, 6) is -0.222. The predicted octanol–water partition coefficient (Wildman–Crippen LogP) is 4.76. The van der Waals surface area contributed by atoms with Gasteiger partial charge in [0, 0.05) is 50.8 Å². The van der Waals surface area contributed by atoms with E-state index in [1.165, 1.54) is 34.0 Å². The van der Waals surface area contributed by atoms with Crippen molar-refractivity contribution in [3.63, 3.8) is 0 Å². The molecule has 7 heteroatoms. The Morgan fingerprint density at radius 3 is 2.00 bits per heavy atom. The SMILES string of the molecule is O=C(CCCn1nc(-c2ccc(F)cc2)ccc1=O)N1CCN(C(c2ccccc2)c2ccccc2)CC1. The number of amides is 1. The van der Waals surface area contributed by atoms with Crippen molar-refractivity contribution in [2.75, 3.05) is 26.2 Å². The van der Waals surface area contributed by atoms with Gasteiger partial charge in [-0.2, -0.15) is 5.10 Å². The van der Waals surface area contributed by atoms with E-state index in [9.17, 15) is 14.0 Å². The zero-order valence-electron chi connectivity index (χ0n) is 21.2. The molecule has 1 aliphatic heterocycles. The summed E-state index contributed by atoms with van der Waals surface area (Å²) in [4.78, 5) is 29.7. The molecule has 194 valence electrons. The smallest absolute Gasteiger partial charge is 0.266 e. The highest BCUT2D eigenvalue weighted by Gasteiger charge is 2.27. The van der Waals surface area contributed by atoms with Crippen molar-refractivity contribution < 1.29 is 9.18 Å². The van der Waals surface area contributed by atoms with Gasteiger partial charge in [0.2, 0.25) is 5.91 Å². The van der Waals surface area contributed by atoms with E-state index in [4.69, 9.17) is 0 Å². The third kappa shape index (κ3) is 6.06. The molecule has 1 saturated heterocycles. The number of carbonyl (C=O) groups excluding carboxylic acids is 1. The third-order valence-electron chi connectivity index (χ3n) is 7.03. The van der Waals surface area contributed by atoms with Crippen LogP contribution in [0.3, 0.4) is 0 Å². The topological polar surface area (TPSA) is 58.4 Å². The zero-order chi connectivity index (χ0) is 26.3. The van der Waals surface area contributed by atoms with Gasteiger partial charge in [0.15, 0.2) is 0 Å². The molecule has 0 spiro atoms. The summed E-state index contributed by atoms with van der Waals surface area (Å²) >= 11 is 0. The number of carbonyl (C=O) groups is 1. The largest absolute Gasteiger partial charge is 0.340 e. The lowest BCUT2D eigenvalue weighted by Gasteiger charge is -2.40. The Morgan fingerprint density at radius 1 is 0.789 bits per heavy atom. The van der Waals surface area contributed by atoms with Crippen LogP contribution in [0.25, 0.3) is 11.3 Å². The molecule has 0 radical (unpaired) electrons. The third-order valence-corrected chi connectivity index (χ3v) is 7.03. The molecule has 0 bridgehead atoms. The number of rotatable bonds is 8. The molecule has 0 aliphatic carbocycles. The van der Waals surface area contributed by atoms with Gasteiger partial charge in [-0.3, -0.25) is 14.5 Å².